The number of rotatable bonds is 4. The van der Waals surface area contributed by atoms with Crippen LogP contribution in [0.4, 0.5) is 0 Å². The number of ketones is 1. The fraction of sp³-hybridized carbons (Fsp3) is 0.0909. The zero-order chi connectivity index (χ0) is 11.3. The number of aliphatic hydroxyl groups excluding tert-OH is 1. The monoisotopic (exact) mass is 206 g/mol. The molecule has 1 aromatic rings. The number of benzene rings is 1. The third-order valence-corrected chi connectivity index (χ3v) is 1.71. The molecule has 1 rings (SSSR count). The summed E-state index contributed by atoms with van der Waals surface area (Å²) in [6.07, 6.45) is 1.05. The first kappa shape index (κ1) is 11.1. The van der Waals surface area contributed by atoms with Crippen LogP contribution in [0.2, 0.25) is 0 Å². The first-order valence-electron chi connectivity index (χ1n) is 4.25. The van der Waals surface area contributed by atoms with E-state index in [-0.39, 0.29) is 5.78 Å². The summed E-state index contributed by atoms with van der Waals surface area (Å²) in [5.41, 5.74) is 0.371. The van der Waals surface area contributed by atoms with Gasteiger partial charge in [-0.3, -0.25) is 4.79 Å². The largest absolute Gasteiger partial charge is 0.423 e. The molecule has 0 fully saturated rings. The Bertz CT molecular complexity index is 378. The standard InChI is InChI=1S/C11H10O4/c1-2-11(14)15-9-5-3-8(4-6-9)10(13)7-12/h2-6,12H,1,7H2. The van der Waals surface area contributed by atoms with Crippen molar-refractivity contribution in [1.29, 1.82) is 0 Å². The second-order valence-corrected chi connectivity index (χ2v) is 2.73. The van der Waals surface area contributed by atoms with Crippen molar-refractivity contribution in [1.82, 2.24) is 0 Å². The van der Waals surface area contributed by atoms with Crippen LogP contribution in [0.3, 0.4) is 0 Å². The topological polar surface area (TPSA) is 63.6 Å². The maximum atomic E-state index is 11.0. The number of hydrogen-bond acceptors (Lipinski definition) is 4. The third-order valence-electron chi connectivity index (χ3n) is 1.71. The van der Waals surface area contributed by atoms with Gasteiger partial charge in [-0.2, -0.15) is 0 Å². The number of esters is 1. The molecule has 4 heteroatoms. The first-order chi connectivity index (χ1) is 7.17. The Kier molecular flexibility index (Phi) is 3.76. The van der Waals surface area contributed by atoms with Crippen molar-refractivity contribution in [3.05, 3.63) is 42.5 Å². The molecule has 0 unspecified atom stereocenters. The van der Waals surface area contributed by atoms with E-state index in [0.717, 1.165) is 6.08 Å². The van der Waals surface area contributed by atoms with Gasteiger partial charge in [0.1, 0.15) is 12.4 Å². The Balaban J connectivity index is 2.76. The second kappa shape index (κ2) is 5.07. The summed E-state index contributed by atoms with van der Waals surface area (Å²) in [7, 11) is 0. The van der Waals surface area contributed by atoms with Gasteiger partial charge in [0.2, 0.25) is 0 Å². The zero-order valence-corrected chi connectivity index (χ0v) is 7.97. The number of carbonyl (C=O) groups is 2. The lowest BCUT2D eigenvalue weighted by atomic mass is 10.1. The molecule has 0 saturated heterocycles. The van der Waals surface area contributed by atoms with Crippen molar-refractivity contribution in [2.45, 2.75) is 0 Å². The van der Waals surface area contributed by atoms with Crippen molar-refractivity contribution < 1.29 is 19.4 Å². The number of ether oxygens (including phenoxy) is 1. The highest BCUT2D eigenvalue weighted by Crippen LogP contribution is 2.12. The van der Waals surface area contributed by atoms with E-state index in [2.05, 4.69) is 6.58 Å². The van der Waals surface area contributed by atoms with Crippen LogP contribution in [0.25, 0.3) is 0 Å². The molecular weight excluding hydrogens is 196 g/mol. The van der Waals surface area contributed by atoms with E-state index >= 15 is 0 Å². The summed E-state index contributed by atoms with van der Waals surface area (Å²) in [6, 6.07) is 5.91. The quantitative estimate of drug-likeness (QED) is 0.345. The number of aliphatic hydroxyl groups is 1. The molecule has 0 radical (unpaired) electrons. The van der Waals surface area contributed by atoms with Crippen LogP contribution >= 0.6 is 0 Å². The van der Waals surface area contributed by atoms with Gasteiger partial charge >= 0.3 is 5.97 Å². The van der Waals surface area contributed by atoms with Crippen LogP contribution in [0.1, 0.15) is 10.4 Å². The smallest absolute Gasteiger partial charge is 0.335 e. The van der Waals surface area contributed by atoms with Crippen molar-refractivity contribution in [2.75, 3.05) is 6.61 Å². The zero-order valence-electron chi connectivity index (χ0n) is 7.97. The van der Waals surface area contributed by atoms with E-state index < -0.39 is 12.6 Å². The molecule has 0 aromatic heterocycles. The molecule has 1 aromatic carbocycles. The number of Topliss-reactive ketones (excluding diaryl/α,β-unsaturated/α-hetero) is 1. The predicted molar refractivity (Wildman–Crippen MR) is 53.7 cm³/mol. The SMILES string of the molecule is C=CC(=O)Oc1ccc(C(=O)CO)cc1. The Hall–Kier alpha value is -1.94. The lowest BCUT2D eigenvalue weighted by molar-refractivity contribution is -0.128. The minimum atomic E-state index is -0.559. The molecule has 0 saturated carbocycles. The van der Waals surface area contributed by atoms with E-state index in [0.29, 0.717) is 11.3 Å². The van der Waals surface area contributed by atoms with Crippen molar-refractivity contribution in [3.8, 4) is 5.75 Å². The molecule has 0 amide bonds. The Morgan fingerprint density at radius 2 is 1.93 bits per heavy atom. The Labute approximate surface area is 86.8 Å². The fourth-order valence-corrected chi connectivity index (χ4v) is 0.958. The van der Waals surface area contributed by atoms with Crippen LogP contribution in [-0.4, -0.2) is 23.5 Å². The number of carbonyl (C=O) groups excluding carboxylic acids is 2. The first-order valence-corrected chi connectivity index (χ1v) is 4.25. The highest BCUT2D eigenvalue weighted by atomic mass is 16.5. The Morgan fingerprint density at radius 3 is 2.40 bits per heavy atom. The summed E-state index contributed by atoms with van der Waals surface area (Å²) in [5.74, 6) is -0.609. The maximum Gasteiger partial charge on any atom is 0.335 e. The van der Waals surface area contributed by atoms with Gasteiger partial charge in [-0.15, -0.1) is 0 Å². The number of hydrogen-bond donors (Lipinski definition) is 1. The van der Waals surface area contributed by atoms with Crippen molar-refractivity contribution in [3.63, 3.8) is 0 Å². The van der Waals surface area contributed by atoms with Gasteiger partial charge in [0.15, 0.2) is 5.78 Å². The molecule has 0 atom stereocenters. The molecule has 1 N–H and O–H groups in total. The average Bonchev–Trinajstić information content (AvgIpc) is 2.29. The van der Waals surface area contributed by atoms with E-state index in [1.54, 1.807) is 0 Å². The van der Waals surface area contributed by atoms with Crippen LogP contribution in [0.15, 0.2) is 36.9 Å². The van der Waals surface area contributed by atoms with Gasteiger partial charge in [0.25, 0.3) is 0 Å². The third kappa shape index (κ3) is 3.03. The molecule has 15 heavy (non-hydrogen) atoms. The van der Waals surface area contributed by atoms with Crippen LogP contribution < -0.4 is 4.74 Å². The Morgan fingerprint density at radius 1 is 1.33 bits per heavy atom. The molecule has 0 aliphatic heterocycles. The van der Waals surface area contributed by atoms with Crippen molar-refractivity contribution >= 4 is 11.8 Å². The van der Waals surface area contributed by atoms with Gasteiger partial charge < -0.3 is 9.84 Å². The molecule has 0 heterocycles. The lowest BCUT2D eigenvalue weighted by Crippen LogP contribution is -2.05. The van der Waals surface area contributed by atoms with E-state index in [1.807, 2.05) is 0 Å². The predicted octanol–water partition coefficient (Wildman–Crippen LogP) is 0.953. The molecule has 0 aliphatic carbocycles. The normalized spacial score (nSPS) is 9.40. The maximum absolute atomic E-state index is 11.0. The van der Waals surface area contributed by atoms with Gasteiger partial charge in [0, 0.05) is 11.6 Å². The van der Waals surface area contributed by atoms with E-state index in [4.69, 9.17) is 9.84 Å². The van der Waals surface area contributed by atoms with Crippen LogP contribution in [-0.2, 0) is 4.79 Å². The molecule has 4 nitrogen and oxygen atoms in total. The molecular formula is C11H10O4. The van der Waals surface area contributed by atoms with E-state index in [9.17, 15) is 9.59 Å². The molecule has 0 bridgehead atoms. The van der Waals surface area contributed by atoms with Crippen LogP contribution in [0.5, 0.6) is 5.75 Å². The minimum absolute atomic E-state index is 0.328. The molecule has 78 valence electrons. The van der Waals surface area contributed by atoms with Gasteiger partial charge in [-0.25, -0.2) is 4.79 Å². The summed E-state index contributed by atoms with van der Waals surface area (Å²) < 4.78 is 4.80. The average molecular weight is 206 g/mol. The van der Waals surface area contributed by atoms with E-state index in [1.165, 1.54) is 24.3 Å². The second-order valence-electron chi connectivity index (χ2n) is 2.73. The molecule has 0 spiro atoms. The van der Waals surface area contributed by atoms with Gasteiger partial charge in [0.05, 0.1) is 0 Å². The molecule has 0 aliphatic rings. The summed E-state index contributed by atoms with van der Waals surface area (Å²) in [6.45, 7) is 2.72. The highest BCUT2D eigenvalue weighted by Gasteiger charge is 2.04. The summed E-state index contributed by atoms with van der Waals surface area (Å²) in [4.78, 5) is 21.8. The highest BCUT2D eigenvalue weighted by molar-refractivity contribution is 5.97. The van der Waals surface area contributed by atoms with Crippen molar-refractivity contribution in [2.24, 2.45) is 0 Å². The summed E-state index contributed by atoms with van der Waals surface area (Å²) >= 11 is 0. The summed E-state index contributed by atoms with van der Waals surface area (Å²) in [5, 5.41) is 8.59. The van der Waals surface area contributed by atoms with Gasteiger partial charge in [-0.05, 0) is 24.3 Å². The van der Waals surface area contributed by atoms with Gasteiger partial charge in [-0.1, -0.05) is 6.58 Å². The fourth-order valence-electron chi connectivity index (χ4n) is 0.958. The lowest BCUT2D eigenvalue weighted by Gasteiger charge is -2.01. The minimum Gasteiger partial charge on any atom is -0.423 e. The van der Waals surface area contributed by atoms with Crippen LogP contribution in [0, 0.1) is 0 Å².